The molecule has 12 heteroatoms. The van der Waals surface area contributed by atoms with Crippen molar-refractivity contribution in [3.05, 3.63) is 72.6 Å². The maximum atomic E-state index is 12.7. The number of anilines is 1. The summed E-state index contributed by atoms with van der Waals surface area (Å²) in [4.78, 5) is 22.5. The van der Waals surface area contributed by atoms with Gasteiger partial charge in [0.2, 0.25) is 0 Å². The van der Waals surface area contributed by atoms with Crippen molar-refractivity contribution < 1.29 is 17.9 Å². The molecule has 0 unspecified atom stereocenters. The Morgan fingerprint density at radius 3 is 2.26 bits per heavy atom. The van der Waals surface area contributed by atoms with E-state index in [0.29, 0.717) is 17.9 Å². The summed E-state index contributed by atoms with van der Waals surface area (Å²) < 4.78 is 36.4. The smallest absolute Gasteiger partial charge is 0.185 e. The monoisotopic (exact) mass is 564 g/mol. The fourth-order valence-electron chi connectivity index (χ4n) is 4.55. The zero-order valence-electron chi connectivity index (χ0n) is 21.6. The summed E-state index contributed by atoms with van der Waals surface area (Å²) in [5.74, 6) is 2.14. The van der Waals surface area contributed by atoms with Gasteiger partial charge in [0, 0.05) is 56.4 Å². The van der Waals surface area contributed by atoms with Crippen LogP contribution in [0.5, 0.6) is 11.5 Å². The number of benzene rings is 2. The number of piperazine rings is 1. The number of nitrogens with zero attached hydrogens (tertiary/aromatic N) is 6. The summed E-state index contributed by atoms with van der Waals surface area (Å²) in [5.41, 5.74) is 1.75. The van der Waals surface area contributed by atoms with E-state index in [4.69, 9.17) is 21.7 Å². The molecule has 0 amide bonds. The fourth-order valence-corrected chi connectivity index (χ4v) is 6.10. The standard InChI is InChI=1S/C27H28N6O4S2/c1-36-23-15-21-22(16-24(23)37-2)30-18-31-27(21)33-12-10-32(11-13-33)26(38)14-19-4-6-20(7-5-19)39(34,35)17-25-28-8-3-9-29-25/h3-9,15-16,18H,10-14,17H2,1-2H3. The average Bonchev–Trinajstić information content (AvgIpc) is 2.96. The third kappa shape index (κ3) is 5.91. The molecule has 1 saturated heterocycles. The normalized spacial score (nSPS) is 13.9. The van der Waals surface area contributed by atoms with Crippen LogP contribution in [0.3, 0.4) is 0 Å². The number of hydrogen-bond acceptors (Lipinski definition) is 10. The van der Waals surface area contributed by atoms with Gasteiger partial charge >= 0.3 is 0 Å². The van der Waals surface area contributed by atoms with Crippen molar-refractivity contribution in [2.45, 2.75) is 17.1 Å². The van der Waals surface area contributed by atoms with Gasteiger partial charge in [-0.05, 0) is 29.8 Å². The Labute approximate surface area is 232 Å². The molecule has 2 aromatic heterocycles. The molecule has 4 aromatic rings. The summed E-state index contributed by atoms with van der Waals surface area (Å²) in [6, 6.07) is 12.3. The molecule has 5 rings (SSSR count). The van der Waals surface area contributed by atoms with Crippen LogP contribution in [-0.4, -0.2) is 78.6 Å². The van der Waals surface area contributed by atoms with Gasteiger partial charge in [-0.15, -0.1) is 0 Å². The lowest BCUT2D eigenvalue weighted by molar-refractivity contribution is 0.355. The van der Waals surface area contributed by atoms with Crippen molar-refractivity contribution in [3.8, 4) is 11.5 Å². The van der Waals surface area contributed by atoms with Crippen molar-refractivity contribution in [3.63, 3.8) is 0 Å². The predicted molar refractivity (Wildman–Crippen MR) is 152 cm³/mol. The lowest BCUT2D eigenvalue weighted by atomic mass is 10.1. The van der Waals surface area contributed by atoms with Gasteiger partial charge in [0.1, 0.15) is 23.7 Å². The number of hydrogen-bond donors (Lipinski definition) is 0. The van der Waals surface area contributed by atoms with Crippen molar-refractivity contribution in [2.75, 3.05) is 45.3 Å². The Morgan fingerprint density at radius 1 is 0.923 bits per heavy atom. The van der Waals surface area contributed by atoms with E-state index in [0.717, 1.165) is 53.5 Å². The number of rotatable bonds is 8. The molecule has 1 aliphatic heterocycles. The number of ether oxygens (including phenoxy) is 2. The Hall–Kier alpha value is -3.90. The van der Waals surface area contributed by atoms with Crippen LogP contribution in [0.15, 0.2) is 66.1 Å². The zero-order chi connectivity index (χ0) is 27.4. The first-order chi connectivity index (χ1) is 18.9. The van der Waals surface area contributed by atoms with Crippen molar-refractivity contribution in [1.82, 2.24) is 24.8 Å². The van der Waals surface area contributed by atoms with Gasteiger partial charge < -0.3 is 19.3 Å². The molecule has 2 aromatic carbocycles. The third-order valence-electron chi connectivity index (χ3n) is 6.63. The van der Waals surface area contributed by atoms with E-state index in [1.807, 2.05) is 24.3 Å². The van der Waals surface area contributed by atoms with Gasteiger partial charge in [-0.25, -0.2) is 28.4 Å². The molecule has 3 heterocycles. The molecule has 1 fully saturated rings. The summed E-state index contributed by atoms with van der Waals surface area (Å²) in [6.45, 7) is 3.00. The van der Waals surface area contributed by atoms with Gasteiger partial charge in [-0.1, -0.05) is 24.4 Å². The first-order valence-corrected chi connectivity index (χ1v) is 14.4. The highest BCUT2D eigenvalue weighted by molar-refractivity contribution is 7.90. The quantitative estimate of drug-likeness (QED) is 0.294. The van der Waals surface area contributed by atoms with Gasteiger partial charge in [-0.3, -0.25) is 0 Å². The molecule has 0 radical (unpaired) electrons. The first-order valence-electron chi connectivity index (χ1n) is 12.3. The maximum Gasteiger partial charge on any atom is 0.185 e. The van der Waals surface area contributed by atoms with Crippen LogP contribution in [0.2, 0.25) is 0 Å². The topological polar surface area (TPSA) is 111 Å². The van der Waals surface area contributed by atoms with E-state index in [2.05, 4.69) is 29.7 Å². The molecule has 0 spiro atoms. The van der Waals surface area contributed by atoms with Crippen LogP contribution in [0, 0.1) is 0 Å². The second kappa shape index (κ2) is 11.5. The molecule has 0 aliphatic carbocycles. The van der Waals surface area contributed by atoms with Gasteiger partial charge in [0.25, 0.3) is 0 Å². The Kier molecular flexibility index (Phi) is 7.84. The van der Waals surface area contributed by atoms with E-state index in [-0.39, 0.29) is 16.5 Å². The van der Waals surface area contributed by atoms with Crippen LogP contribution in [0.4, 0.5) is 5.82 Å². The molecule has 1 aliphatic rings. The SMILES string of the molecule is COc1cc2ncnc(N3CCN(C(=S)Cc4ccc(S(=O)(=O)Cc5ncccn5)cc4)CC3)c2cc1OC. The van der Waals surface area contributed by atoms with Crippen LogP contribution < -0.4 is 14.4 Å². The van der Waals surface area contributed by atoms with E-state index in [1.54, 1.807) is 38.7 Å². The highest BCUT2D eigenvalue weighted by Gasteiger charge is 2.23. The van der Waals surface area contributed by atoms with Crippen molar-refractivity contribution >= 4 is 43.8 Å². The second-order valence-corrected chi connectivity index (χ2v) is 11.5. The van der Waals surface area contributed by atoms with E-state index >= 15 is 0 Å². The Balaban J connectivity index is 1.21. The molecular weight excluding hydrogens is 536 g/mol. The number of methoxy groups -OCH3 is 2. The van der Waals surface area contributed by atoms with Crippen molar-refractivity contribution in [1.29, 1.82) is 0 Å². The molecule has 202 valence electrons. The molecule has 0 saturated carbocycles. The highest BCUT2D eigenvalue weighted by atomic mass is 32.2. The summed E-state index contributed by atoms with van der Waals surface area (Å²) in [5, 5.41) is 0.903. The van der Waals surface area contributed by atoms with Gasteiger partial charge in [0.15, 0.2) is 21.3 Å². The number of aromatic nitrogens is 4. The van der Waals surface area contributed by atoms with Crippen LogP contribution in [0.1, 0.15) is 11.4 Å². The lowest BCUT2D eigenvalue weighted by Gasteiger charge is -2.37. The van der Waals surface area contributed by atoms with E-state index < -0.39 is 9.84 Å². The highest BCUT2D eigenvalue weighted by Crippen LogP contribution is 2.35. The number of thiocarbonyl (C=S) groups is 1. The lowest BCUT2D eigenvalue weighted by Crippen LogP contribution is -2.49. The zero-order valence-corrected chi connectivity index (χ0v) is 23.3. The largest absolute Gasteiger partial charge is 0.493 e. The maximum absolute atomic E-state index is 12.7. The minimum absolute atomic E-state index is 0.238. The second-order valence-electron chi connectivity index (χ2n) is 9.03. The van der Waals surface area contributed by atoms with Crippen LogP contribution in [-0.2, 0) is 22.0 Å². The Bertz CT molecular complexity index is 1580. The molecule has 10 nitrogen and oxygen atoms in total. The molecule has 0 N–H and O–H groups in total. The predicted octanol–water partition coefficient (Wildman–Crippen LogP) is 3.10. The van der Waals surface area contributed by atoms with Crippen molar-refractivity contribution in [2.24, 2.45) is 0 Å². The van der Waals surface area contributed by atoms with E-state index in [9.17, 15) is 8.42 Å². The molecule has 39 heavy (non-hydrogen) atoms. The summed E-state index contributed by atoms with van der Waals surface area (Å²) in [6.07, 6.45) is 5.19. The van der Waals surface area contributed by atoms with Crippen LogP contribution >= 0.6 is 12.2 Å². The van der Waals surface area contributed by atoms with E-state index in [1.165, 1.54) is 12.4 Å². The first kappa shape index (κ1) is 26.7. The third-order valence-corrected chi connectivity index (χ3v) is 8.66. The van der Waals surface area contributed by atoms with Gasteiger partial charge in [0.05, 0.1) is 29.6 Å². The fraction of sp³-hybridized carbons (Fsp3) is 0.296. The summed E-state index contributed by atoms with van der Waals surface area (Å²) >= 11 is 5.76. The van der Waals surface area contributed by atoms with Crippen LogP contribution in [0.25, 0.3) is 10.9 Å². The number of sulfone groups is 1. The Morgan fingerprint density at radius 2 is 1.59 bits per heavy atom. The summed E-state index contributed by atoms with van der Waals surface area (Å²) in [7, 11) is -0.322. The number of fused-ring (bicyclic) bond motifs is 1. The minimum Gasteiger partial charge on any atom is -0.493 e. The molecule has 0 atom stereocenters. The average molecular weight is 565 g/mol. The molecule has 0 bridgehead atoms. The van der Waals surface area contributed by atoms with Gasteiger partial charge in [-0.2, -0.15) is 0 Å². The minimum atomic E-state index is -3.53. The molecular formula is C27H28N6O4S2.